The minimum atomic E-state index is -0.332. The van der Waals surface area contributed by atoms with E-state index >= 15 is 0 Å². The number of likely N-dealkylation sites (tertiary alicyclic amines) is 1. The van der Waals surface area contributed by atoms with Crippen molar-refractivity contribution in [2.24, 2.45) is 0 Å². The Kier molecular flexibility index (Phi) is 7.22. The molecule has 10 nitrogen and oxygen atoms in total. The van der Waals surface area contributed by atoms with Crippen LogP contribution >= 0.6 is 0 Å². The molecule has 3 aromatic rings. The Bertz CT molecular complexity index is 1220. The number of aromatic nitrogens is 4. The molecule has 10 heteroatoms. The summed E-state index contributed by atoms with van der Waals surface area (Å²) in [6.07, 6.45) is 7.56. The van der Waals surface area contributed by atoms with Crippen molar-refractivity contribution < 1.29 is 14.3 Å². The Hall–Kier alpha value is -3.40. The molecular weight excluding hydrogens is 458 g/mol. The molecule has 0 aliphatic carbocycles. The van der Waals surface area contributed by atoms with Crippen molar-refractivity contribution >= 4 is 28.7 Å². The largest absolute Gasteiger partial charge is 0.452 e. The van der Waals surface area contributed by atoms with Gasteiger partial charge in [-0.1, -0.05) is 0 Å². The van der Waals surface area contributed by atoms with E-state index in [0.717, 1.165) is 93.1 Å². The number of aryl methyl sites for hydroxylation is 3. The van der Waals surface area contributed by atoms with Gasteiger partial charge in [-0.25, -0.2) is 9.78 Å². The molecule has 0 spiro atoms. The number of anilines is 1. The fourth-order valence-corrected chi connectivity index (χ4v) is 5.41. The lowest BCUT2D eigenvalue weighted by Gasteiger charge is -2.34. The highest BCUT2D eigenvalue weighted by Gasteiger charge is 2.31. The van der Waals surface area contributed by atoms with E-state index in [1.807, 2.05) is 27.9 Å². The van der Waals surface area contributed by atoms with Gasteiger partial charge in [0.25, 0.3) is 0 Å². The van der Waals surface area contributed by atoms with E-state index in [2.05, 4.69) is 28.0 Å². The maximum atomic E-state index is 12.5. The Labute approximate surface area is 211 Å². The van der Waals surface area contributed by atoms with Crippen molar-refractivity contribution in [3.8, 4) is 0 Å². The number of methoxy groups -OCH3 is 1. The predicted octanol–water partition coefficient (Wildman–Crippen LogP) is 2.59. The van der Waals surface area contributed by atoms with E-state index in [0.29, 0.717) is 6.42 Å². The highest BCUT2D eigenvalue weighted by atomic mass is 16.5. The van der Waals surface area contributed by atoms with Crippen molar-refractivity contribution in [1.29, 1.82) is 0 Å². The summed E-state index contributed by atoms with van der Waals surface area (Å²) in [7, 11) is 1.43. The average molecular weight is 494 g/mol. The SMILES string of the molecule is COC(=O)N1c2ccc3c(nc(CCn4cccn4)n3CCNCCN3CCCC3=O)c2CC[C@@H]1C. The van der Waals surface area contributed by atoms with Crippen molar-refractivity contribution in [2.75, 3.05) is 38.2 Å². The highest BCUT2D eigenvalue weighted by molar-refractivity contribution is 5.95. The molecule has 1 aromatic carbocycles. The van der Waals surface area contributed by atoms with Gasteiger partial charge in [-0.2, -0.15) is 5.10 Å². The van der Waals surface area contributed by atoms with Crippen LogP contribution in [0.15, 0.2) is 30.6 Å². The van der Waals surface area contributed by atoms with Crippen LogP contribution in [0.4, 0.5) is 10.5 Å². The fourth-order valence-electron chi connectivity index (χ4n) is 5.41. The molecule has 1 atom stereocenters. The van der Waals surface area contributed by atoms with E-state index in [-0.39, 0.29) is 18.0 Å². The van der Waals surface area contributed by atoms with Crippen LogP contribution in [-0.2, 0) is 35.5 Å². The van der Waals surface area contributed by atoms with Gasteiger partial charge in [0.15, 0.2) is 0 Å². The second kappa shape index (κ2) is 10.7. The Morgan fingerprint density at radius 3 is 2.81 bits per heavy atom. The molecule has 0 unspecified atom stereocenters. The molecule has 192 valence electrons. The summed E-state index contributed by atoms with van der Waals surface area (Å²) in [5.41, 5.74) is 4.05. The topological polar surface area (TPSA) is 97.5 Å². The number of benzene rings is 1. The summed E-state index contributed by atoms with van der Waals surface area (Å²) in [6, 6.07) is 6.12. The Balaban J connectivity index is 1.38. The van der Waals surface area contributed by atoms with Gasteiger partial charge in [-0.15, -0.1) is 0 Å². The van der Waals surface area contributed by atoms with Gasteiger partial charge >= 0.3 is 6.09 Å². The number of carbonyl (C=O) groups excluding carboxylic acids is 2. The first kappa shape index (κ1) is 24.3. The number of amides is 2. The molecule has 2 amide bonds. The third-order valence-corrected chi connectivity index (χ3v) is 7.33. The molecule has 36 heavy (non-hydrogen) atoms. The minimum absolute atomic E-state index is 0.0791. The first-order valence-corrected chi connectivity index (χ1v) is 12.9. The number of rotatable bonds is 9. The van der Waals surface area contributed by atoms with Crippen LogP contribution in [0.3, 0.4) is 0 Å². The molecule has 5 rings (SSSR count). The first-order chi connectivity index (χ1) is 17.6. The molecule has 4 heterocycles. The maximum absolute atomic E-state index is 12.5. The molecule has 1 fully saturated rings. The fraction of sp³-hybridized carbons (Fsp3) is 0.538. The predicted molar refractivity (Wildman–Crippen MR) is 137 cm³/mol. The van der Waals surface area contributed by atoms with Gasteiger partial charge in [0.05, 0.1) is 23.8 Å². The van der Waals surface area contributed by atoms with Gasteiger partial charge in [0.2, 0.25) is 5.91 Å². The van der Waals surface area contributed by atoms with Crippen LogP contribution in [0, 0.1) is 0 Å². The molecule has 0 radical (unpaired) electrons. The molecule has 0 saturated carbocycles. The van der Waals surface area contributed by atoms with E-state index in [1.165, 1.54) is 7.11 Å². The zero-order valence-electron chi connectivity index (χ0n) is 21.2. The van der Waals surface area contributed by atoms with Crippen molar-refractivity contribution in [3.63, 3.8) is 0 Å². The zero-order valence-corrected chi connectivity index (χ0v) is 21.2. The van der Waals surface area contributed by atoms with Crippen molar-refractivity contribution in [2.45, 2.75) is 58.2 Å². The van der Waals surface area contributed by atoms with E-state index in [1.54, 1.807) is 11.1 Å². The third-order valence-electron chi connectivity index (χ3n) is 7.33. The van der Waals surface area contributed by atoms with Crippen LogP contribution in [0.1, 0.15) is 37.6 Å². The number of nitrogens with zero attached hydrogens (tertiary/aromatic N) is 6. The molecule has 1 N–H and O–H groups in total. The second-order valence-electron chi connectivity index (χ2n) is 9.59. The van der Waals surface area contributed by atoms with Crippen molar-refractivity contribution in [1.82, 2.24) is 29.5 Å². The van der Waals surface area contributed by atoms with Crippen LogP contribution in [-0.4, -0.2) is 75.6 Å². The van der Waals surface area contributed by atoms with Crippen LogP contribution < -0.4 is 10.2 Å². The highest BCUT2D eigenvalue weighted by Crippen LogP contribution is 2.36. The van der Waals surface area contributed by atoms with Gasteiger partial charge in [0, 0.05) is 76.1 Å². The number of imidazole rings is 1. The van der Waals surface area contributed by atoms with Crippen molar-refractivity contribution in [3.05, 3.63) is 42.0 Å². The lowest BCUT2D eigenvalue weighted by molar-refractivity contribution is -0.127. The normalized spacial score (nSPS) is 17.7. The molecule has 2 aliphatic heterocycles. The minimum Gasteiger partial charge on any atom is -0.452 e. The summed E-state index contributed by atoms with van der Waals surface area (Å²) in [6.45, 7) is 6.76. The Morgan fingerprint density at radius 1 is 1.19 bits per heavy atom. The maximum Gasteiger partial charge on any atom is 0.414 e. The number of hydrogen-bond donors (Lipinski definition) is 1. The molecule has 1 saturated heterocycles. The second-order valence-corrected chi connectivity index (χ2v) is 9.59. The lowest BCUT2D eigenvalue weighted by atomic mass is 9.96. The van der Waals surface area contributed by atoms with Gasteiger partial charge < -0.3 is 19.5 Å². The van der Waals surface area contributed by atoms with Crippen LogP contribution in [0.5, 0.6) is 0 Å². The number of nitrogens with one attached hydrogen (secondary N) is 1. The number of ether oxygens (including phenoxy) is 1. The van der Waals surface area contributed by atoms with Gasteiger partial charge in [-0.3, -0.25) is 14.4 Å². The van der Waals surface area contributed by atoms with Gasteiger partial charge in [-0.05, 0) is 44.4 Å². The van der Waals surface area contributed by atoms with Crippen LogP contribution in [0.2, 0.25) is 0 Å². The standard InChI is InChI=1S/C26H35N7O3/c1-19-6-7-20-21(33(19)26(35)36-2)8-9-22-25(20)29-23(10-16-31-15-4-11-28-31)32(22)18-13-27-12-17-30-14-3-5-24(30)34/h4,8-9,11,15,19,27H,3,5-7,10,12-14,16-18H2,1-2H3/t19-/m0/s1. The molecule has 2 aromatic heterocycles. The summed E-state index contributed by atoms with van der Waals surface area (Å²) >= 11 is 0. The van der Waals surface area contributed by atoms with Crippen LogP contribution in [0.25, 0.3) is 11.0 Å². The van der Waals surface area contributed by atoms with E-state index in [4.69, 9.17) is 9.72 Å². The first-order valence-electron chi connectivity index (χ1n) is 12.9. The number of hydrogen-bond acceptors (Lipinski definition) is 6. The molecule has 0 bridgehead atoms. The molecule has 2 aliphatic rings. The smallest absolute Gasteiger partial charge is 0.414 e. The summed E-state index contributed by atoms with van der Waals surface area (Å²) in [5, 5.41) is 7.84. The zero-order chi connectivity index (χ0) is 25.1. The summed E-state index contributed by atoms with van der Waals surface area (Å²) in [5.74, 6) is 1.27. The van der Waals surface area contributed by atoms with E-state index < -0.39 is 0 Å². The molecular formula is C26H35N7O3. The van der Waals surface area contributed by atoms with E-state index in [9.17, 15) is 9.59 Å². The monoisotopic (exact) mass is 493 g/mol. The lowest BCUT2D eigenvalue weighted by Crippen LogP contribution is -2.42. The quantitative estimate of drug-likeness (QED) is 0.460. The number of fused-ring (bicyclic) bond motifs is 3. The average Bonchev–Trinajstić information content (AvgIpc) is 3.62. The third kappa shape index (κ3) is 4.82. The van der Waals surface area contributed by atoms with Gasteiger partial charge in [0.1, 0.15) is 5.82 Å². The Morgan fingerprint density at radius 2 is 2.06 bits per heavy atom. The summed E-state index contributed by atoms with van der Waals surface area (Å²) in [4.78, 5) is 33.2. The number of carbonyl (C=O) groups is 2. The summed E-state index contributed by atoms with van der Waals surface area (Å²) < 4.78 is 9.28.